The summed E-state index contributed by atoms with van der Waals surface area (Å²) in [6, 6.07) is 0. The van der Waals surface area contributed by atoms with E-state index >= 15 is 0 Å². The third kappa shape index (κ3) is 3.90. The van der Waals surface area contributed by atoms with Gasteiger partial charge in [-0.05, 0) is 32.9 Å². The minimum Gasteiger partial charge on any atom is -0.466 e. The Bertz CT molecular complexity index is 401. The minimum absolute atomic E-state index is 0.177. The SMILES string of the molecule is C/C=C\c1nc(CC(=O)OCC)[nH]c1/C=C\C. The lowest BCUT2D eigenvalue weighted by molar-refractivity contribution is -0.142. The van der Waals surface area contributed by atoms with E-state index in [2.05, 4.69) is 9.97 Å². The third-order valence-corrected chi connectivity index (χ3v) is 2.09. The van der Waals surface area contributed by atoms with Crippen LogP contribution in [0.25, 0.3) is 12.2 Å². The molecule has 92 valence electrons. The molecule has 0 aliphatic carbocycles. The van der Waals surface area contributed by atoms with Crippen LogP contribution in [0.1, 0.15) is 38.0 Å². The summed E-state index contributed by atoms with van der Waals surface area (Å²) in [6.45, 7) is 6.05. The quantitative estimate of drug-likeness (QED) is 0.797. The van der Waals surface area contributed by atoms with E-state index in [4.69, 9.17) is 4.74 Å². The van der Waals surface area contributed by atoms with Crippen molar-refractivity contribution in [1.29, 1.82) is 0 Å². The molecular weight excluding hydrogens is 216 g/mol. The summed E-state index contributed by atoms with van der Waals surface area (Å²) in [5.41, 5.74) is 1.75. The summed E-state index contributed by atoms with van der Waals surface area (Å²) >= 11 is 0. The first-order valence-corrected chi connectivity index (χ1v) is 5.71. The maximum atomic E-state index is 11.3. The summed E-state index contributed by atoms with van der Waals surface area (Å²) in [5, 5.41) is 0. The van der Waals surface area contributed by atoms with Gasteiger partial charge >= 0.3 is 5.97 Å². The van der Waals surface area contributed by atoms with E-state index in [0.717, 1.165) is 11.4 Å². The zero-order chi connectivity index (χ0) is 12.7. The molecule has 4 nitrogen and oxygen atoms in total. The number of hydrogen-bond acceptors (Lipinski definition) is 3. The van der Waals surface area contributed by atoms with E-state index < -0.39 is 0 Å². The van der Waals surface area contributed by atoms with Crippen LogP contribution >= 0.6 is 0 Å². The van der Waals surface area contributed by atoms with E-state index in [9.17, 15) is 4.79 Å². The number of nitrogens with zero attached hydrogens (tertiary/aromatic N) is 1. The van der Waals surface area contributed by atoms with Gasteiger partial charge in [0, 0.05) is 0 Å². The van der Waals surface area contributed by atoms with Crippen molar-refractivity contribution >= 4 is 18.1 Å². The van der Waals surface area contributed by atoms with Gasteiger partial charge in [-0.15, -0.1) is 0 Å². The maximum absolute atomic E-state index is 11.3. The van der Waals surface area contributed by atoms with E-state index in [1.54, 1.807) is 6.92 Å². The Morgan fingerprint density at radius 1 is 1.35 bits per heavy atom. The number of aromatic nitrogens is 2. The average molecular weight is 234 g/mol. The zero-order valence-electron chi connectivity index (χ0n) is 10.5. The fourth-order valence-corrected chi connectivity index (χ4v) is 1.46. The van der Waals surface area contributed by atoms with Crippen molar-refractivity contribution in [2.75, 3.05) is 6.61 Å². The lowest BCUT2D eigenvalue weighted by Gasteiger charge is -1.97. The Morgan fingerprint density at radius 2 is 2.06 bits per heavy atom. The van der Waals surface area contributed by atoms with Crippen LogP contribution in [-0.4, -0.2) is 22.5 Å². The smallest absolute Gasteiger partial charge is 0.313 e. The highest BCUT2D eigenvalue weighted by atomic mass is 16.5. The van der Waals surface area contributed by atoms with Gasteiger partial charge in [0.05, 0.1) is 18.0 Å². The first-order valence-electron chi connectivity index (χ1n) is 5.71. The molecule has 1 N–H and O–H groups in total. The Hall–Kier alpha value is -1.84. The average Bonchev–Trinajstić information content (AvgIpc) is 2.62. The molecule has 0 amide bonds. The van der Waals surface area contributed by atoms with Crippen molar-refractivity contribution in [1.82, 2.24) is 9.97 Å². The molecule has 0 aromatic carbocycles. The van der Waals surface area contributed by atoms with Crippen LogP contribution in [0.2, 0.25) is 0 Å². The second kappa shape index (κ2) is 6.68. The Morgan fingerprint density at radius 3 is 2.65 bits per heavy atom. The van der Waals surface area contributed by atoms with Crippen molar-refractivity contribution in [2.24, 2.45) is 0 Å². The summed E-state index contributed by atoms with van der Waals surface area (Å²) in [7, 11) is 0. The van der Waals surface area contributed by atoms with Crippen molar-refractivity contribution < 1.29 is 9.53 Å². The van der Waals surface area contributed by atoms with Crippen molar-refractivity contribution in [3.8, 4) is 0 Å². The van der Waals surface area contributed by atoms with E-state index in [1.807, 2.05) is 38.2 Å². The largest absolute Gasteiger partial charge is 0.466 e. The van der Waals surface area contributed by atoms with Gasteiger partial charge in [0.1, 0.15) is 12.2 Å². The summed E-state index contributed by atoms with van der Waals surface area (Å²) in [5.74, 6) is 0.366. The van der Waals surface area contributed by atoms with Crippen LogP contribution < -0.4 is 0 Å². The van der Waals surface area contributed by atoms with Gasteiger partial charge in [-0.3, -0.25) is 4.79 Å². The number of H-pyrrole nitrogens is 1. The van der Waals surface area contributed by atoms with E-state index in [0.29, 0.717) is 12.4 Å². The number of carbonyl (C=O) groups excluding carboxylic acids is 1. The van der Waals surface area contributed by atoms with Gasteiger partial charge in [-0.2, -0.15) is 0 Å². The summed E-state index contributed by atoms with van der Waals surface area (Å²) < 4.78 is 4.88. The minimum atomic E-state index is -0.264. The number of aromatic amines is 1. The van der Waals surface area contributed by atoms with Gasteiger partial charge in [-0.25, -0.2) is 4.98 Å². The van der Waals surface area contributed by atoms with Gasteiger partial charge in [0.15, 0.2) is 0 Å². The highest BCUT2D eigenvalue weighted by Crippen LogP contribution is 2.11. The number of esters is 1. The van der Waals surface area contributed by atoms with Crippen LogP contribution in [0, 0.1) is 0 Å². The number of hydrogen-bond donors (Lipinski definition) is 1. The highest BCUT2D eigenvalue weighted by Gasteiger charge is 2.10. The molecule has 4 heteroatoms. The van der Waals surface area contributed by atoms with E-state index in [1.165, 1.54) is 0 Å². The predicted molar refractivity (Wildman–Crippen MR) is 68.3 cm³/mol. The molecule has 0 radical (unpaired) electrons. The molecule has 1 aromatic heterocycles. The molecule has 0 aliphatic heterocycles. The molecular formula is C13H18N2O2. The lowest BCUT2D eigenvalue weighted by Crippen LogP contribution is -2.08. The Kier molecular flexibility index (Phi) is 5.20. The molecule has 0 aliphatic rings. The second-order valence-electron chi connectivity index (χ2n) is 3.46. The molecule has 0 spiro atoms. The Labute approximate surface area is 101 Å². The molecule has 0 saturated heterocycles. The second-order valence-corrected chi connectivity index (χ2v) is 3.46. The van der Waals surface area contributed by atoms with Gasteiger partial charge in [0.25, 0.3) is 0 Å². The number of nitrogens with one attached hydrogen (secondary N) is 1. The van der Waals surface area contributed by atoms with Crippen molar-refractivity contribution in [2.45, 2.75) is 27.2 Å². The lowest BCUT2D eigenvalue weighted by atomic mass is 10.3. The number of allylic oxidation sites excluding steroid dienone is 2. The first kappa shape index (κ1) is 13.2. The number of imidazole rings is 1. The molecule has 17 heavy (non-hydrogen) atoms. The van der Waals surface area contributed by atoms with Crippen LogP contribution in [0.5, 0.6) is 0 Å². The maximum Gasteiger partial charge on any atom is 0.313 e. The third-order valence-electron chi connectivity index (χ3n) is 2.09. The van der Waals surface area contributed by atoms with Crippen LogP contribution in [0.15, 0.2) is 12.2 Å². The molecule has 0 bridgehead atoms. The summed E-state index contributed by atoms with van der Waals surface area (Å²) in [6.07, 6.45) is 7.85. The molecule has 0 fully saturated rings. The fourth-order valence-electron chi connectivity index (χ4n) is 1.46. The molecule has 1 heterocycles. The molecule has 1 rings (SSSR count). The zero-order valence-corrected chi connectivity index (χ0v) is 10.5. The Balaban J connectivity index is 2.87. The molecule has 0 atom stereocenters. The summed E-state index contributed by atoms with van der Waals surface area (Å²) in [4.78, 5) is 18.8. The fraction of sp³-hybridized carbons (Fsp3) is 0.385. The van der Waals surface area contributed by atoms with Crippen LogP contribution in [0.4, 0.5) is 0 Å². The normalized spacial score (nSPS) is 11.5. The van der Waals surface area contributed by atoms with Crippen LogP contribution in [-0.2, 0) is 16.0 Å². The molecule has 0 saturated carbocycles. The number of carbonyl (C=O) groups is 1. The number of rotatable bonds is 5. The van der Waals surface area contributed by atoms with Gasteiger partial charge in [0.2, 0.25) is 0 Å². The van der Waals surface area contributed by atoms with Gasteiger partial charge in [-0.1, -0.05) is 12.2 Å². The van der Waals surface area contributed by atoms with Crippen molar-refractivity contribution in [3.05, 3.63) is 29.4 Å². The van der Waals surface area contributed by atoms with Crippen LogP contribution in [0.3, 0.4) is 0 Å². The standard InChI is InChI=1S/C13H18N2O2/c1-4-7-10-11(8-5-2)15-12(14-10)9-13(16)17-6-3/h4-5,7-8H,6,9H2,1-3H3,(H,14,15)/b7-4-,8-5-. The monoisotopic (exact) mass is 234 g/mol. The highest BCUT2D eigenvalue weighted by molar-refractivity contribution is 5.72. The van der Waals surface area contributed by atoms with Gasteiger partial charge < -0.3 is 9.72 Å². The predicted octanol–water partition coefficient (Wildman–Crippen LogP) is 2.58. The molecule has 0 unspecified atom stereocenters. The van der Waals surface area contributed by atoms with Crippen molar-refractivity contribution in [3.63, 3.8) is 0 Å². The molecule has 1 aromatic rings. The first-order chi connectivity index (χ1) is 8.21. The number of ether oxygens (including phenoxy) is 1. The van der Waals surface area contributed by atoms with E-state index in [-0.39, 0.29) is 12.4 Å². The topological polar surface area (TPSA) is 55.0 Å².